The van der Waals surface area contributed by atoms with Crippen molar-refractivity contribution in [1.29, 1.82) is 0 Å². The van der Waals surface area contributed by atoms with E-state index < -0.39 is 0 Å². The van der Waals surface area contributed by atoms with E-state index in [0.717, 1.165) is 37.4 Å². The van der Waals surface area contributed by atoms with Crippen LogP contribution in [0.3, 0.4) is 0 Å². The summed E-state index contributed by atoms with van der Waals surface area (Å²) in [7, 11) is 1.41. The number of unbranched alkanes of at least 4 members (excludes halogenated alkanes) is 1. The van der Waals surface area contributed by atoms with E-state index in [1.165, 1.54) is 12.0 Å². The Morgan fingerprint density at radius 3 is 2.88 bits per heavy atom. The van der Waals surface area contributed by atoms with Crippen LogP contribution >= 0.6 is 11.3 Å². The lowest BCUT2D eigenvalue weighted by Crippen LogP contribution is -2.15. The number of rotatable bonds is 8. The molecule has 96 valence electrons. The van der Waals surface area contributed by atoms with Crippen LogP contribution < -0.4 is 11.1 Å². The summed E-state index contributed by atoms with van der Waals surface area (Å²) in [6.45, 7) is 2.60. The van der Waals surface area contributed by atoms with Crippen LogP contribution in [0, 0.1) is 0 Å². The first kappa shape index (κ1) is 14.2. The number of hydrogen-bond donors (Lipinski definition) is 2. The van der Waals surface area contributed by atoms with E-state index in [2.05, 4.69) is 16.1 Å². The van der Waals surface area contributed by atoms with Crippen molar-refractivity contribution in [3.05, 3.63) is 21.9 Å². The third-order valence-corrected chi connectivity index (χ3v) is 3.46. The summed E-state index contributed by atoms with van der Waals surface area (Å²) >= 11 is 1.65. The van der Waals surface area contributed by atoms with Crippen molar-refractivity contribution in [3.63, 3.8) is 0 Å². The van der Waals surface area contributed by atoms with Crippen LogP contribution in [0.4, 0.5) is 0 Å². The fraction of sp³-hybridized carbons (Fsp3) is 0.583. The van der Waals surface area contributed by atoms with Gasteiger partial charge in [0.2, 0.25) is 0 Å². The molecule has 1 heterocycles. The normalized spacial score (nSPS) is 10.5. The van der Waals surface area contributed by atoms with Gasteiger partial charge in [-0.15, -0.1) is 11.3 Å². The number of methoxy groups -OCH3 is 1. The number of nitrogens with two attached hydrogens (primary N) is 1. The number of carbonyl (C=O) groups is 1. The van der Waals surface area contributed by atoms with E-state index in [1.54, 1.807) is 11.3 Å². The number of thiophene rings is 1. The van der Waals surface area contributed by atoms with E-state index in [1.807, 2.05) is 6.07 Å². The molecule has 5 heteroatoms. The minimum atomic E-state index is -0.186. The zero-order valence-corrected chi connectivity index (χ0v) is 11.0. The summed E-state index contributed by atoms with van der Waals surface area (Å²) in [6, 6.07) is 4.04. The maximum Gasteiger partial charge on any atom is 0.310 e. The Morgan fingerprint density at radius 1 is 1.41 bits per heavy atom. The third-order valence-electron chi connectivity index (χ3n) is 2.37. The number of esters is 1. The summed E-state index contributed by atoms with van der Waals surface area (Å²) in [6.07, 6.45) is 2.54. The molecule has 0 radical (unpaired) electrons. The average Bonchev–Trinajstić information content (AvgIpc) is 2.76. The molecule has 4 nitrogen and oxygen atoms in total. The lowest BCUT2D eigenvalue weighted by molar-refractivity contribution is -0.139. The van der Waals surface area contributed by atoms with Crippen LogP contribution in [0.15, 0.2) is 12.1 Å². The highest BCUT2D eigenvalue weighted by Gasteiger charge is 2.05. The highest BCUT2D eigenvalue weighted by molar-refractivity contribution is 7.12. The molecule has 0 unspecified atom stereocenters. The highest BCUT2D eigenvalue weighted by Crippen LogP contribution is 2.17. The summed E-state index contributed by atoms with van der Waals surface area (Å²) in [5.41, 5.74) is 5.42. The Morgan fingerprint density at radius 2 is 2.18 bits per heavy atom. The van der Waals surface area contributed by atoms with E-state index in [0.29, 0.717) is 6.42 Å². The van der Waals surface area contributed by atoms with E-state index in [4.69, 9.17) is 5.73 Å². The number of ether oxygens (including phenoxy) is 1. The van der Waals surface area contributed by atoms with Crippen LogP contribution in [0.1, 0.15) is 22.6 Å². The predicted molar refractivity (Wildman–Crippen MR) is 70.0 cm³/mol. The molecule has 0 aliphatic rings. The molecule has 1 aromatic heterocycles. The second-order valence-corrected chi connectivity index (χ2v) is 5.05. The molecule has 1 aromatic rings. The summed E-state index contributed by atoms with van der Waals surface area (Å²) < 4.78 is 4.63. The molecule has 3 N–H and O–H groups in total. The maximum atomic E-state index is 11.1. The molecule has 0 fully saturated rings. The Labute approximate surface area is 106 Å². The second kappa shape index (κ2) is 8.22. The van der Waals surface area contributed by atoms with Crippen LogP contribution in [-0.4, -0.2) is 26.2 Å². The van der Waals surface area contributed by atoms with E-state index in [-0.39, 0.29) is 5.97 Å². The molecule has 0 saturated carbocycles. The Bertz CT molecular complexity index is 339. The summed E-state index contributed by atoms with van der Waals surface area (Å²) in [4.78, 5) is 13.4. The Balaban J connectivity index is 2.23. The SMILES string of the molecule is COC(=O)Cc1ccc(CNCCCCN)s1. The predicted octanol–water partition coefficient (Wildman–Crippen LogP) is 1.29. The largest absolute Gasteiger partial charge is 0.469 e. The molecule has 0 amide bonds. The molecule has 0 atom stereocenters. The van der Waals surface area contributed by atoms with Gasteiger partial charge in [-0.25, -0.2) is 0 Å². The lowest BCUT2D eigenvalue weighted by atomic mass is 10.3. The first-order valence-electron chi connectivity index (χ1n) is 5.81. The average molecular weight is 256 g/mol. The molecular weight excluding hydrogens is 236 g/mol. The van der Waals surface area contributed by atoms with Gasteiger partial charge in [0.1, 0.15) is 0 Å². The van der Waals surface area contributed by atoms with Crippen molar-refractivity contribution in [2.45, 2.75) is 25.8 Å². The first-order valence-corrected chi connectivity index (χ1v) is 6.63. The van der Waals surface area contributed by atoms with Gasteiger partial charge >= 0.3 is 5.97 Å². The molecule has 0 spiro atoms. The van der Waals surface area contributed by atoms with Crippen molar-refractivity contribution in [2.75, 3.05) is 20.2 Å². The van der Waals surface area contributed by atoms with Crippen molar-refractivity contribution >= 4 is 17.3 Å². The van der Waals surface area contributed by atoms with Gasteiger partial charge in [-0.1, -0.05) is 0 Å². The van der Waals surface area contributed by atoms with Gasteiger partial charge in [-0.05, 0) is 38.1 Å². The first-order chi connectivity index (χ1) is 8.26. The van der Waals surface area contributed by atoms with Crippen molar-refractivity contribution in [2.24, 2.45) is 5.73 Å². The van der Waals surface area contributed by atoms with Crippen LogP contribution in [0.25, 0.3) is 0 Å². The van der Waals surface area contributed by atoms with Gasteiger partial charge in [0.15, 0.2) is 0 Å². The van der Waals surface area contributed by atoms with Crippen LogP contribution in [0.2, 0.25) is 0 Å². The van der Waals surface area contributed by atoms with Crippen molar-refractivity contribution in [1.82, 2.24) is 5.32 Å². The number of nitrogens with one attached hydrogen (secondary N) is 1. The molecule has 17 heavy (non-hydrogen) atoms. The van der Waals surface area contributed by atoms with Crippen molar-refractivity contribution in [3.8, 4) is 0 Å². The van der Waals surface area contributed by atoms with Gasteiger partial charge in [-0.2, -0.15) is 0 Å². The maximum absolute atomic E-state index is 11.1. The molecule has 0 saturated heterocycles. The zero-order valence-electron chi connectivity index (χ0n) is 10.2. The Hall–Kier alpha value is -0.910. The topological polar surface area (TPSA) is 64.3 Å². The fourth-order valence-corrected chi connectivity index (χ4v) is 2.41. The van der Waals surface area contributed by atoms with Gasteiger partial charge in [0.05, 0.1) is 13.5 Å². The lowest BCUT2D eigenvalue weighted by Gasteiger charge is -2.01. The quantitative estimate of drug-likeness (QED) is 0.543. The zero-order chi connectivity index (χ0) is 12.5. The van der Waals surface area contributed by atoms with Gasteiger partial charge in [0.25, 0.3) is 0 Å². The smallest absolute Gasteiger partial charge is 0.310 e. The van der Waals surface area contributed by atoms with Gasteiger partial charge < -0.3 is 15.8 Å². The summed E-state index contributed by atoms with van der Waals surface area (Å²) in [5, 5.41) is 3.36. The van der Waals surface area contributed by atoms with Gasteiger partial charge in [0, 0.05) is 16.3 Å². The monoisotopic (exact) mass is 256 g/mol. The molecule has 0 aliphatic heterocycles. The second-order valence-electron chi connectivity index (χ2n) is 3.79. The van der Waals surface area contributed by atoms with Crippen LogP contribution in [0.5, 0.6) is 0 Å². The molecule has 0 aliphatic carbocycles. The number of carbonyl (C=O) groups excluding carboxylic acids is 1. The van der Waals surface area contributed by atoms with Crippen LogP contribution in [-0.2, 0) is 22.5 Å². The Kier molecular flexibility index (Phi) is 6.84. The summed E-state index contributed by atoms with van der Waals surface area (Å²) in [5.74, 6) is -0.186. The minimum Gasteiger partial charge on any atom is -0.469 e. The van der Waals surface area contributed by atoms with E-state index in [9.17, 15) is 4.79 Å². The van der Waals surface area contributed by atoms with Gasteiger partial charge in [-0.3, -0.25) is 4.79 Å². The molecule has 1 rings (SSSR count). The standard InChI is InChI=1S/C12H20N2O2S/c1-16-12(15)8-10-4-5-11(17-10)9-14-7-3-2-6-13/h4-5,14H,2-3,6-9,13H2,1H3. The third kappa shape index (κ3) is 5.81. The highest BCUT2D eigenvalue weighted by atomic mass is 32.1. The molecular formula is C12H20N2O2S. The molecule has 0 bridgehead atoms. The number of hydrogen-bond acceptors (Lipinski definition) is 5. The van der Waals surface area contributed by atoms with Crippen molar-refractivity contribution < 1.29 is 9.53 Å². The minimum absolute atomic E-state index is 0.186. The van der Waals surface area contributed by atoms with E-state index >= 15 is 0 Å². The molecule has 0 aromatic carbocycles. The fourth-order valence-electron chi connectivity index (χ4n) is 1.43.